The Bertz CT molecular complexity index is 635. The summed E-state index contributed by atoms with van der Waals surface area (Å²) < 4.78 is 39.4. The van der Waals surface area contributed by atoms with Gasteiger partial charge in [0.05, 0.1) is 11.8 Å². The Morgan fingerprint density at radius 3 is 2.32 bits per heavy atom. The molecule has 0 aliphatic carbocycles. The summed E-state index contributed by atoms with van der Waals surface area (Å²) >= 11 is 0. The second kappa shape index (κ2) is 5.44. The van der Waals surface area contributed by atoms with E-state index in [0.29, 0.717) is 0 Å². The third-order valence-corrected chi connectivity index (χ3v) is 2.58. The monoisotopic (exact) mass is 262 g/mol. The zero-order chi connectivity index (χ0) is 13.8. The largest absolute Gasteiger partial charge is 0.364 e. The number of benzene rings is 2. The van der Waals surface area contributed by atoms with Crippen LogP contribution in [0.1, 0.15) is 11.6 Å². The first kappa shape index (κ1) is 13.0. The normalized spacial score (nSPS) is 11.7. The molecular weight excluding hydrogens is 253 g/mol. The fraction of sp³-hybridized carbons (Fsp3) is 0.0714. The van der Waals surface area contributed by atoms with E-state index in [9.17, 15) is 13.2 Å². The van der Waals surface area contributed by atoms with Gasteiger partial charge >= 0.3 is 0 Å². The number of hydrogen-bond donors (Lipinski definition) is 1. The van der Waals surface area contributed by atoms with Crippen LogP contribution < -0.4 is 5.32 Å². The van der Waals surface area contributed by atoms with Gasteiger partial charge < -0.3 is 5.32 Å². The zero-order valence-electron chi connectivity index (χ0n) is 9.70. The molecular formula is C14H9F3N2. The van der Waals surface area contributed by atoms with E-state index in [2.05, 4.69) is 5.32 Å². The molecule has 2 rings (SSSR count). The maximum Gasteiger partial charge on any atom is 0.159 e. The first-order valence-electron chi connectivity index (χ1n) is 5.47. The van der Waals surface area contributed by atoms with E-state index in [1.54, 1.807) is 6.07 Å². The second-order valence-electron chi connectivity index (χ2n) is 3.86. The molecule has 1 N–H and O–H groups in total. The Labute approximate surface area is 108 Å². The molecule has 1 unspecified atom stereocenters. The Hall–Kier alpha value is -2.48. The number of hydrogen-bond acceptors (Lipinski definition) is 2. The first-order chi connectivity index (χ1) is 9.11. The summed E-state index contributed by atoms with van der Waals surface area (Å²) in [5, 5.41) is 11.7. The number of nitriles is 1. The van der Waals surface area contributed by atoms with E-state index >= 15 is 0 Å². The maximum atomic E-state index is 13.4. The van der Waals surface area contributed by atoms with Crippen LogP contribution in [0.5, 0.6) is 0 Å². The van der Waals surface area contributed by atoms with Gasteiger partial charge in [0.2, 0.25) is 0 Å². The third-order valence-electron chi connectivity index (χ3n) is 2.58. The summed E-state index contributed by atoms with van der Waals surface area (Å²) in [6.07, 6.45) is 0. The topological polar surface area (TPSA) is 35.8 Å². The van der Waals surface area contributed by atoms with Gasteiger partial charge in [0.1, 0.15) is 11.9 Å². The number of rotatable bonds is 3. The van der Waals surface area contributed by atoms with E-state index in [0.717, 1.165) is 12.1 Å². The van der Waals surface area contributed by atoms with E-state index in [1.165, 1.54) is 24.3 Å². The molecule has 2 aromatic rings. The van der Waals surface area contributed by atoms with Crippen molar-refractivity contribution >= 4 is 5.69 Å². The van der Waals surface area contributed by atoms with E-state index in [1.807, 2.05) is 6.07 Å². The zero-order valence-corrected chi connectivity index (χ0v) is 9.70. The average molecular weight is 262 g/mol. The quantitative estimate of drug-likeness (QED) is 0.913. The highest BCUT2D eigenvalue weighted by molar-refractivity contribution is 5.48. The van der Waals surface area contributed by atoms with Gasteiger partial charge in [-0.1, -0.05) is 18.2 Å². The molecule has 0 amide bonds. The van der Waals surface area contributed by atoms with Crippen molar-refractivity contribution in [1.29, 1.82) is 5.26 Å². The van der Waals surface area contributed by atoms with Crippen molar-refractivity contribution in [1.82, 2.24) is 0 Å². The lowest BCUT2D eigenvalue weighted by Crippen LogP contribution is -2.10. The summed E-state index contributed by atoms with van der Waals surface area (Å²) in [4.78, 5) is 0. The van der Waals surface area contributed by atoms with Gasteiger partial charge in [-0.05, 0) is 29.8 Å². The van der Waals surface area contributed by atoms with Crippen LogP contribution in [0.25, 0.3) is 0 Å². The molecule has 1 atom stereocenters. The van der Waals surface area contributed by atoms with Gasteiger partial charge in [-0.25, -0.2) is 13.2 Å². The van der Waals surface area contributed by atoms with Crippen LogP contribution in [0, 0.1) is 28.8 Å². The Kier molecular flexibility index (Phi) is 3.71. The Morgan fingerprint density at radius 1 is 0.947 bits per heavy atom. The highest BCUT2D eigenvalue weighted by Crippen LogP contribution is 2.22. The lowest BCUT2D eigenvalue weighted by molar-refractivity contribution is 0.507. The number of anilines is 1. The molecule has 0 aromatic heterocycles. The molecule has 2 aromatic carbocycles. The number of nitrogens with one attached hydrogen (secondary N) is 1. The minimum Gasteiger partial charge on any atom is -0.364 e. The molecule has 0 spiro atoms. The van der Waals surface area contributed by atoms with Crippen LogP contribution in [0.3, 0.4) is 0 Å². The summed E-state index contributed by atoms with van der Waals surface area (Å²) in [7, 11) is 0. The molecule has 0 fully saturated rings. The highest BCUT2D eigenvalue weighted by Gasteiger charge is 2.14. The molecule has 0 saturated carbocycles. The summed E-state index contributed by atoms with van der Waals surface area (Å²) in [6.45, 7) is 0. The van der Waals surface area contributed by atoms with Crippen molar-refractivity contribution in [2.24, 2.45) is 0 Å². The first-order valence-corrected chi connectivity index (χ1v) is 5.47. The van der Waals surface area contributed by atoms with Gasteiger partial charge in [0, 0.05) is 0 Å². The van der Waals surface area contributed by atoms with E-state index < -0.39 is 23.5 Å². The Balaban J connectivity index is 2.28. The third kappa shape index (κ3) is 2.86. The fourth-order valence-corrected chi connectivity index (χ4v) is 1.62. The molecule has 0 radical (unpaired) electrons. The number of halogens is 3. The van der Waals surface area contributed by atoms with Crippen LogP contribution in [0.4, 0.5) is 18.9 Å². The predicted molar refractivity (Wildman–Crippen MR) is 64.7 cm³/mol. The SMILES string of the molecule is N#CC(Nc1ccccc1F)c1ccc(F)c(F)c1. The smallest absolute Gasteiger partial charge is 0.159 e. The molecule has 5 heteroatoms. The van der Waals surface area contributed by atoms with Gasteiger partial charge in [-0.3, -0.25) is 0 Å². The lowest BCUT2D eigenvalue weighted by Gasteiger charge is -2.14. The van der Waals surface area contributed by atoms with Crippen LogP contribution in [-0.4, -0.2) is 0 Å². The van der Waals surface area contributed by atoms with Crippen LogP contribution in [0.2, 0.25) is 0 Å². The van der Waals surface area contributed by atoms with E-state index in [4.69, 9.17) is 5.26 Å². The van der Waals surface area contributed by atoms with Crippen LogP contribution in [0.15, 0.2) is 42.5 Å². The molecule has 0 aliphatic rings. The lowest BCUT2D eigenvalue weighted by atomic mass is 10.1. The molecule has 0 bridgehead atoms. The van der Waals surface area contributed by atoms with Gasteiger partial charge in [0.25, 0.3) is 0 Å². The molecule has 96 valence electrons. The summed E-state index contributed by atoms with van der Waals surface area (Å²) in [6, 6.07) is 9.84. The van der Waals surface area contributed by atoms with Crippen LogP contribution >= 0.6 is 0 Å². The minimum absolute atomic E-state index is 0.124. The van der Waals surface area contributed by atoms with Crippen molar-refractivity contribution in [3.05, 3.63) is 65.5 Å². The molecule has 0 heterocycles. The Morgan fingerprint density at radius 2 is 1.68 bits per heavy atom. The molecule has 19 heavy (non-hydrogen) atoms. The number of para-hydroxylation sites is 1. The minimum atomic E-state index is -1.05. The summed E-state index contributed by atoms with van der Waals surface area (Å²) in [5.74, 6) is -2.57. The molecule has 0 aliphatic heterocycles. The molecule has 2 nitrogen and oxygen atoms in total. The van der Waals surface area contributed by atoms with E-state index in [-0.39, 0.29) is 11.3 Å². The fourth-order valence-electron chi connectivity index (χ4n) is 1.62. The van der Waals surface area contributed by atoms with Crippen LogP contribution in [-0.2, 0) is 0 Å². The maximum absolute atomic E-state index is 13.4. The van der Waals surface area contributed by atoms with Gasteiger partial charge in [0.15, 0.2) is 11.6 Å². The number of nitrogens with zero attached hydrogens (tertiary/aromatic N) is 1. The highest BCUT2D eigenvalue weighted by atomic mass is 19.2. The average Bonchev–Trinajstić information content (AvgIpc) is 2.41. The van der Waals surface area contributed by atoms with Gasteiger partial charge in [-0.15, -0.1) is 0 Å². The van der Waals surface area contributed by atoms with Crippen molar-refractivity contribution in [2.75, 3.05) is 5.32 Å². The van der Waals surface area contributed by atoms with Gasteiger partial charge in [-0.2, -0.15) is 5.26 Å². The second-order valence-corrected chi connectivity index (χ2v) is 3.86. The van der Waals surface area contributed by atoms with Crippen molar-refractivity contribution in [3.63, 3.8) is 0 Å². The van der Waals surface area contributed by atoms with Crippen molar-refractivity contribution in [2.45, 2.75) is 6.04 Å². The molecule has 0 saturated heterocycles. The summed E-state index contributed by atoms with van der Waals surface area (Å²) in [5.41, 5.74) is 0.350. The standard InChI is InChI=1S/C14H9F3N2/c15-10-6-5-9(7-12(10)17)14(8-18)19-13-4-2-1-3-11(13)16/h1-7,14,19H. The van der Waals surface area contributed by atoms with Crippen molar-refractivity contribution < 1.29 is 13.2 Å². The van der Waals surface area contributed by atoms with Crippen molar-refractivity contribution in [3.8, 4) is 6.07 Å². The predicted octanol–water partition coefficient (Wildman–Crippen LogP) is 3.78.